The molecule has 3 aromatic carbocycles. The van der Waals surface area contributed by atoms with E-state index in [1.807, 2.05) is 66.7 Å². The molecule has 0 aliphatic rings. The molecule has 0 saturated carbocycles. The zero-order valence-electron chi connectivity index (χ0n) is 18.0. The second kappa shape index (κ2) is 10.2. The summed E-state index contributed by atoms with van der Waals surface area (Å²) in [5, 5.41) is 12.7. The first kappa shape index (κ1) is 21.7. The van der Waals surface area contributed by atoms with Gasteiger partial charge in [-0.05, 0) is 29.3 Å². The quantitative estimate of drug-likeness (QED) is 0.420. The molecule has 164 valence electrons. The number of rotatable bonds is 8. The molecule has 1 aromatic heterocycles. The van der Waals surface area contributed by atoms with Crippen LogP contribution in [0, 0.1) is 11.3 Å². The van der Waals surface area contributed by atoms with Gasteiger partial charge in [-0.2, -0.15) is 5.26 Å². The molecular formula is C26H22N4O3. The van der Waals surface area contributed by atoms with Gasteiger partial charge < -0.3 is 14.8 Å². The van der Waals surface area contributed by atoms with Gasteiger partial charge in [0, 0.05) is 12.1 Å². The summed E-state index contributed by atoms with van der Waals surface area (Å²) >= 11 is 0. The maximum atomic E-state index is 12.5. The number of nitriles is 1. The number of benzene rings is 3. The summed E-state index contributed by atoms with van der Waals surface area (Å²) in [7, 11) is 1.54. The fourth-order valence-corrected chi connectivity index (χ4v) is 3.32. The van der Waals surface area contributed by atoms with Crippen LogP contribution in [-0.4, -0.2) is 17.1 Å². The standard InChI is InChI=1S/C26H22N4O3/c1-32-23-14-20(12-13-22(23)33-17-19-10-6-3-7-11-19)24-21(15-27)25(31)30-26(29-24)28-16-18-8-4-2-5-9-18/h2-14H,16-17H2,1H3,(H2,28,29,30,31). The normalized spacial score (nSPS) is 10.3. The summed E-state index contributed by atoms with van der Waals surface area (Å²) in [4.78, 5) is 19.7. The lowest BCUT2D eigenvalue weighted by atomic mass is 10.1. The van der Waals surface area contributed by atoms with E-state index in [4.69, 9.17) is 9.47 Å². The number of aromatic amines is 1. The first-order chi connectivity index (χ1) is 16.2. The zero-order chi connectivity index (χ0) is 23.0. The third kappa shape index (κ3) is 5.20. The molecule has 0 aliphatic carbocycles. The highest BCUT2D eigenvalue weighted by Gasteiger charge is 2.16. The highest BCUT2D eigenvalue weighted by atomic mass is 16.5. The minimum absolute atomic E-state index is 0.0692. The number of hydrogen-bond donors (Lipinski definition) is 2. The van der Waals surface area contributed by atoms with Gasteiger partial charge in [0.2, 0.25) is 5.95 Å². The molecule has 7 heteroatoms. The molecule has 4 aromatic rings. The number of anilines is 1. The molecule has 0 radical (unpaired) electrons. The highest BCUT2D eigenvalue weighted by molar-refractivity contribution is 5.70. The number of ether oxygens (including phenoxy) is 2. The molecule has 0 aliphatic heterocycles. The van der Waals surface area contributed by atoms with Crippen molar-refractivity contribution in [3.63, 3.8) is 0 Å². The molecule has 7 nitrogen and oxygen atoms in total. The highest BCUT2D eigenvalue weighted by Crippen LogP contribution is 2.33. The molecule has 0 saturated heterocycles. The minimum Gasteiger partial charge on any atom is -0.493 e. The van der Waals surface area contributed by atoms with E-state index in [0.717, 1.165) is 11.1 Å². The average molecular weight is 438 g/mol. The van der Waals surface area contributed by atoms with Gasteiger partial charge >= 0.3 is 0 Å². The van der Waals surface area contributed by atoms with Crippen LogP contribution < -0.4 is 20.3 Å². The second-order valence-corrected chi connectivity index (χ2v) is 7.23. The Hall–Kier alpha value is -4.57. The van der Waals surface area contributed by atoms with Gasteiger partial charge in [0.15, 0.2) is 11.5 Å². The van der Waals surface area contributed by atoms with Crippen LogP contribution in [0.1, 0.15) is 16.7 Å². The van der Waals surface area contributed by atoms with Gasteiger partial charge in [-0.25, -0.2) is 4.98 Å². The van der Waals surface area contributed by atoms with Gasteiger partial charge in [-0.1, -0.05) is 60.7 Å². The summed E-state index contributed by atoms with van der Waals surface area (Å²) in [6.07, 6.45) is 0. The molecule has 4 rings (SSSR count). The van der Waals surface area contributed by atoms with E-state index in [0.29, 0.717) is 30.2 Å². The Morgan fingerprint density at radius 1 is 0.970 bits per heavy atom. The monoisotopic (exact) mass is 438 g/mol. The fraction of sp³-hybridized carbons (Fsp3) is 0.115. The Balaban J connectivity index is 1.62. The van der Waals surface area contributed by atoms with Crippen molar-refractivity contribution in [1.29, 1.82) is 5.26 Å². The minimum atomic E-state index is -0.513. The van der Waals surface area contributed by atoms with E-state index in [1.165, 1.54) is 7.11 Å². The first-order valence-corrected chi connectivity index (χ1v) is 10.4. The molecule has 1 heterocycles. The fourth-order valence-electron chi connectivity index (χ4n) is 3.32. The predicted molar refractivity (Wildman–Crippen MR) is 126 cm³/mol. The van der Waals surface area contributed by atoms with Gasteiger partial charge in [0.05, 0.1) is 12.8 Å². The molecule has 0 spiro atoms. The lowest BCUT2D eigenvalue weighted by molar-refractivity contribution is 0.284. The number of methoxy groups -OCH3 is 1. The van der Waals surface area contributed by atoms with Crippen molar-refractivity contribution >= 4 is 5.95 Å². The summed E-state index contributed by atoms with van der Waals surface area (Å²) in [5.74, 6) is 1.31. The molecule has 0 amide bonds. The van der Waals surface area contributed by atoms with E-state index >= 15 is 0 Å². The zero-order valence-corrected chi connectivity index (χ0v) is 18.0. The van der Waals surface area contributed by atoms with Crippen LogP contribution in [0.15, 0.2) is 83.7 Å². The van der Waals surface area contributed by atoms with Crippen LogP contribution in [-0.2, 0) is 13.2 Å². The Labute approximate surface area is 191 Å². The lowest BCUT2D eigenvalue weighted by Gasteiger charge is -2.13. The van der Waals surface area contributed by atoms with Crippen LogP contribution in [0.5, 0.6) is 11.5 Å². The molecule has 0 bridgehead atoms. The Bertz CT molecular complexity index is 1330. The second-order valence-electron chi connectivity index (χ2n) is 7.23. The van der Waals surface area contributed by atoms with Crippen molar-refractivity contribution in [1.82, 2.24) is 9.97 Å². The van der Waals surface area contributed by atoms with Gasteiger partial charge in [-0.3, -0.25) is 9.78 Å². The smallest absolute Gasteiger partial charge is 0.270 e. The maximum Gasteiger partial charge on any atom is 0.270 e. The Morgan fingerprint density at radius 2 is 1.67 bits per heavy atom. The van der Waals surface area contributed by atoms with Crippen molar-refractivity contribution in [3.05, 3.63) is 106 Å². The average Bonchev–Trinajstić information content (AvgIpc) is 2.87. The van der Waals surface area contributed by atoms with E-state index < -0.39 is 5.56 Å². The van der Waals surface area contributed by atoms with E-state index in [-0.39, 0.29) is 17.2 Å². The first-order valence-electron chi connectivity index (χ1n) is 10.4. The van der Waals surface area contributed by atoms with Gasteiger partial charge in [-0.15, -0.1) is 0 Å². The number of H-pyrrole nitrogens is 1. The largest absolute Gasteiger partial charge is 0.493 e. The van der Waals surface area contributed by atoms with Crippen LogP contribution in [0.25, 0.3) is 11.3 Å². The molecule has 2 N–H and O–H groups in total. The summed E-state index contributed by atoms with van der Waals surface area (Å²) in [6.45, 7) is 0.863. The number of nitrogens with one attached hydrogen (secondary N) is 2. The van der Waals surface area contributed by atoms with Crippen molar-refractivity contribution in [2.75, 3.05) is 12.4 Å². The third-order valence-corrected chi connectivity index (χ3v) is 5.01. The van der Waals surface area contributed by atoms with E-state index in [9.17, 15) is 10.1 Å². The molecule has 0 fully saturated rings. The van der Waals surface area contributed by atoms with Crippen LogP contribution in [0.3, 0.4) is 0 Å². The lowest BCUT2D eigenvalue weighted by Crippen LogP contribution is -2.17. The summed E-state index contributed by atoms with van der Waals surface area (Å²) < 4.78 is 11.4. The maximum absolute atomic E-state index is 12.5. The Morgan fingerprint density at radius 3 is 2.33 bits per heavy atom. The summed E-state index contributed by atoms with van der Waals surface area (Å²) in [6, 6.07) is 26.7. The predicted octanol–water partition coefficient (Wildman–Crippen LogP) is 4.51. The van der Waals surface area contributed by atoms with Crippen LogP contribution >= 0.6 is 0 Å². The van der Waals surface area contributed by atoms with Crippen molar-refractivity contribution in [2.45, 2.75) is 13.2 Å². The molecular weight excluding hydrogens is 416 g/mol. The molecule has 0 atom stereocenters. The topological polar surface area (TPSA) is 100 Å². The van der Waals surface area contributed by atoms with Crippen LogP contribution in [0.2, 0.25) is 0 Å². The molecule has 33 heavy (non-hydrogen) atoms. The Kier molecular flexibility index (Phi) is 6.67. The van der Waals surface area contributed by atoms with Crippen LogP contribution in [0.4, 0.5) is 5.95 Å². The van der Waals surface area contributed by atoms with E-state index in [1.54, 1.807) is 18.2 Å². The van der Waals surface area contributed by atoms with E-state index in [2.05, 4.69) is 15.3 Å². The number of hydrogen-bond acceptors (Lipinski definition) is 6. The van der Waals surface area contributed by atoms with Gasteiger partial charge in [0.1, 0.15) is 18.2 Å². The SMILES string of the molecule is COc1cc(-c2nc(NCc3ccccc3)[nH]c(=O)c2C#N)ccc1OCc1ccccc1. The van der Waals surface area contributed by atoms with Gasteiger partial charge in [0.25, 0.3) is 5.56 Å². The number of nitrogens with zero attached hydrogens (tertiary/aromatic N) is 2. The van der Waals surface area contributed by atoms with Crippen molar-refractivity contribution in [2.24, 2.45) is 0 Å². The van der Waals surface area contributed by atoms with Crippen molar-refractivity contribution < 1.29 is 9.47 Å². The number of aromatic nitrogens is 2. The summed E-state index contributed by atoms with van der Waals surface area (Å²) in [5.41, 5.74) is 2.32. The molecule has 0 unspecified atom stereocenters. The van der Waals surface area contributed by atoms with Crippen molar-refractivity contribution in [3.8, 4) is 28.8 Å². The third-order valence-electron chi connectivity index (χ3n) is 5.01.